The van der Waals surface area contributed by atoms with Crippen molar-refractivity contribution in [2.24, 2.45) is 11.8 Å². The SMILES string of the molecule is CC(C)CC(=O)Nc1cccc2c(NC(=O)CC(C)C)cccc12. The fraction of sp³-hybridized carbons (Fsp3) is 0.400. The second kappa shape index (κ2) is 7.95. The Balaban J connectivity index is 2.29. The Morgan fingerprint density at radius 1 is 0.750 bits per heavy atom. The standard InChI is InChI=1S/C20H26N2O2/c1-13(2)11-19(23)21-17-9-5-8-16-15(17)7-6-10-18(16)22-20(24)12-14(3)4/h5-10,13-14H,11-12H2,1-4H3,(H,21,23)(H,22,24). The van der Waals surface area contributed by atoms with Crippen LogP contribution in [-0.4, -0.2) is 11.8 Å². The highest BCUT2D eigenvalue weighted by Crippen LogP contribution is 2.29. The van der Waals surface area contributed by atoms with Crippen molar-refractivity contribution >= 4 is 34.0 Å². The third-order valence-electron chi connectivity index (χ3n) is 3.66. The summed E-state index contributed by atoms with van der Waals surface area (Å²) in [7, 11) is 0. The number of carbonyl (C=O) groups excluding carboxylic acids is 2. The van der Waals surface area contributed by atoms with Gasteiger partial charge < -0.3 is 10.6 Å². The average Bonchev–Trinajstić information content (AvgIpc) is 2.46. The molecule has 24 heavy (non-hydrogen) atoms. The quantitative estimate of drug-likeness (QED) is 0.800. The van der Waals surface area contributed by atoms with Crippen LogP contribution in [-0.2, 0) is 9.59 Å². The van der Waals surface area contributed by atoms with Gasteiger partial charge in [0.25, 0.3) is 0 Å². The summed E-state index contributed by atoms with van der Waals surface area (Å²) in [6, 6.07) is 11.5. The first-order chi connectivity index (χ1) is 11.4. The molecule has 0 fully saturated rings. The van der Waals surface area contributed by atoms with Gasteiger partial charge in [0, 0.05) is 35.0 Å². The molecule has 4 heteroatoms. The average molecular weight is 326 g/mol. The van der Waals surface area contributed by atoms with Crippen LogP contribution in [0.5, 0.6) is 0 Å². The third-order valence-corrected chi connectivity index (χ3v) is 3.66. The second-order valence-corrected chi connectivity index (χ2v) is 7.00. The van der Waals surface area contributed by atoms with Crippen LogP contribution in [0.15, 0.2) is 36.4 Å². The highest BCUT2D eigenvalue weighted by atomic mass is 16.2. The Labute approximate surface area is 143 Å². The predicted octanol–water partition coefficient (Wildman–Crippen LogP) is 4.81. The third kappa shape index (κ3) is 4.82. The fourth-order valence-corrected chi connectivity index (χ4v) is 2.67. The van der Waals surface area contributed by atoms with Crippen LogP contribution in [0, 0.1) is 11.8 Å². The number of hydrogen-bond acceptors (Lipinski definition) is 2. The fourth-order valence-electron chi connectivity index (χ4n) is 2.67. The van der Waals surface area contributed by atoms with Crippen molar-refractivity contribution in [1.29, 1.82) is 0 Å². The molecule has 4 nitrogen and oxygen atoms in total. The summed E-state index contributed by atoms with van der Waals surface area (Å²) in [5.41, 5.74) is 1.55. The van der Waals surface area contributed by atoms with Crippen molar-refractivity contribution in [2.75, 3.05) is 10.6 Å². The van der Waals surface area contributed by atoms with E-state index >= 15 is 0 Å². The summed E-state index contributed by atoms with van der Waals surface area (Å²) in [6.07, 6.45) is 0.975. The van der Waals surface area contributed by atoms with Gasteiger partial charge in [-0.25, -0.2) is 0 Å². The summed E-state index contributed by atoms with van der Waals surface area (Å²) in [6.45, 7) is 8.08. The van der Waals surface area contributed by atoms with Crippen LogP contribution in [0.3, 0.4) is 0 Å². The van der Waals surface area contributed by atoms with Crippen LogP contribution in [0.2, 0.25) is 0 Å². The monoisotopic (exact) mass is 326 g/mol. The predicted molar refractivity (Wildman–Crippen MR) is 100 cm³/mol. The molecule has 0 bridgehead atoms. The molecule has 0 radical (unpaired) electrons. The lowest BCUT2D eigenvalue weighted by atomic mass is 10.1. The van der Waals surface area contributed by atoms with Crippen LogP contribution < -0.4 is 10.6 Å². The molecule has 2 N–H and O–H groups in total. The van der Waals surface area contributed by atoms with E-state index in [0.29, 0.717) is 24.7 Å². The molecule has 0 aromatic heterocycles. The van der Waals surface area contributed by atoms with E-state index in [1.165, 1.54) is 0 Å². The van der Waals surface area contributed by atoms with Crippen molar-refractivity contribution < 1.29 is 9.59 Å². The maximum absolute atomic E-state index is 12.1. The van der Waals surface area contributed by atoms with Gasteiger partial charge in [0.1, 0.15) is 0 Å². The molecule has 0 atom stereocenters. The molecule has 2 aromatic rings. The number of amides is 2. The lowest BCUT2D eigenvalue weighted by molar-refractivity contribution is -0.117. The van der Waals surface area contributed by atoms with Gasteiger partial charge in [-0.05, 0) is 24.0 Å². The molecule has 0 unspecified atom stereocenters. The number of carbonyl (C=O) groups is 2. The van der Waals surface area contributed by atoms with E-state index in [4.69, 9.17) is 0 Å². The topological polar surface area (TPSA) is 58.2 Å². The van der Waals surface area contributed by atoms with Gasteiger partial charge >= 0.3 is 0 Å². The molecule has 0 spiro atoms. The Hall–Kier alpha value is -2.36. The zero-order valence-corrected chi connectivity index (χ0v) is 14.8. The first-order valence-corrected chi connectivity index (χ1v) is 8.48. The van der Waals surface area contributed by atoms with Gasteiger partial charge in [-0.3, -0.25) is 9.59 Å². The largest absolute Gasteiger partial charge is 0.326 e. The first-order valence-electron chi connectivity index (χ1n) is 8.48. The minimum absolute atomic E-state index is 0.00625. The molecular formula is C20H26N2O2. The van der Waals surface area contributed by atoms with Crippen LogP contribution in [0.4, 0.5) is 11.4 Å². The molecule has 2 rings (SSSR count). The molecule has 0 aliphatic carbocycles. The minimum atomic E-state index is 0.00625. The molecule has 0 saturated heterocycles. The van der Waals surface area contributed by atoms with Crippen molar-refractivity contribution in [2.45, 2.75) is 40.5 Å². The molecule has 128 valence electrons. The van der Waals surface area contributed by atoms with Crippen LogP contribution >= 0.6 is 0 Å². The molecule has 0 aliphatic heterocycles. The lowest BCUT2D eigenvalue weighted by Gasteiger charge is -2.13. The molecule has 2 amide bonds. The number of benzene rings is 2. The summed E-state index contributed by atoms with van der Waals surface area (Å²) in [4.78, 5) is 24.1. The van der Waals surface area contributed by atoms with Crippen molar-refractivity contribution in [3.63, 3.8) is 0 Å². The highest BCUT2D eigenvalue weighted by Gasteiger charge is 2.11. The summed E-state index contributed by atoms with van der Waals surface area (Å²) >= 11 is 0. The molecule has 0 saturated carbocycles. The van der Waals surface area contributed by atoms with Crippen molar-refractivity contribution in [1.82, 2.24) is 0 Å². The number of fused-ring (bicyclic) bond motifs is 1. The van der Waals surface area contributed by atoms with Crippen molar-refractivity contribution in [3.05, 3.63) is 36.4 Å². The van der Waals surface area contributed by atoms with E-state index in [-0.39, 0.29) is 11.8 Å². The Morgan fingerprint density at radius 2 is 1.12 bits per heavy atom. The maximum atomic E-state index is 12.1. The number of anilines is 2. The smallest absolute Gasteiger partial charge is 0.224 e. The van der Waals surface area contributed by atoms with Crippen LogP contribution in [0.1, 0.15) is 40.5 Å². The minimum Gasteiger partial charge on any atom is -0.326 e. The lowest BCUT2D eigenvalue weighted by Crippen LogP contribution is -2.15. The molecule has 0 aliphatic rings. The van der Waals surface area contributed by atoms with E-state index in [0.717, 1.165) is 22.1 Å². The van der Waals surface area contributed by atoms with E-state index in [1.54, 1.807) is 0 Å². The summed E-state index contributed by atoms with van der Waals surface area (Å²) in [5, 5.41) is 7.81. The first kappa shape index (κ1) is 18.0. The Morgan fingerprint density at radius 3 is 1.46 bits per heavy atom. The van der Waals surface area contributed by atoms with Crippen LogP contribution in [0.25, 0.3) is 10.8 Å². The summed E-state index contributed by atoms with van der Waals surface area (Å²) < 4.78 is 0. The van der Waals surface area contributed by atoms with E-state index in [1.807, 2.05) is 64.1 Å². The van der Waals surface area contributed by atoms with Crippen molar-refractivity contribution in [3.8, 4) is 0 Å². The highest BCUT2D eigenvalue weighted by molar-refractivity contribution is 6.08. The normalized spacial score (nSPS) is 11.1. The summed E-state index contributed by atoms with van der Waals surface area (Å²) in [5.74, 6) is 0.634. The zero-order chi connectivity index (χ0) is 17.7. The molecule has 2 aromatic carbocycles. The van der Waals surface area contributed by atoms with Gasteiger partial charge in [-0.2, -0.15) is 0 Å². The molecule has 0 heterocycles. The van der Waals surface area contributed by atoms with Gasteiger partial charge in [0.15, 0.2) is 0 Å². The Kier molecular flexibility index (Phi) is 5.96. The van der Waals surface area contributed by atoms with Gasteiger partial charge in [0.2, 0.25) is 11.8 Å². The zero-order valence-electron chi connectivity index (χ0n) is 14.8. The number of nitrogens with one attached hydrogen (secondary N) is 2. The Bertz CT molecular complexity index is 672. The maximum Gasteiger partial charge on any atom is 0.224 e. The number of hydrogen-bond donors (Lipinski definition) is 2. The second-order valence-electron chi connectivity index (χ2n) is 7.00. The van der Waals surface area contributed by atoms with E-state index < -0.39 is 0 Å². The molecular weight excluding hydrogens is 300 g/mol. The van der Waals surface area contributed by atoms with E-state index in [9.17, 15) is 9.59 Å². The van der Waals surface area contributed by atoms with Gasteiger partial charge in [-0.15, -0.1) is 0 Å². The number of rotatable bonds is 6. The van der Waals surface area contributed by atoms with Gasteiger partial charge in [0.05, 0.1) is 0 Å². The van der Waals surface area contributed by atoms with Gasteiger partial charge in [-0.1, -0.05) is 52.0 Å². The van der Waals surface area contributed by atoms with E-state index in [2.05, 4.69) is 10.6 Å².